The molecule has 112 valence electrons. The quantitative estimate of drug-likeness (QED) is 0.775. The third-order valence-electron chi connectivity index (χ3n) is 3.68. The number of carbonyl (C=O) groups is 1. The van der Waals surface area contributed by atoms with E-state index in [1.165, 1.54) is 0 Å². The van der Waals surface area contributed by atoms with Crippen LogP contribution in [0.3, 0.4) is 0 Å². The lowest BCUT2D eigenvalue weighted by atomic mass is 10.1. The highest BCUT2D eigenvalue weighted by Gasteiger charge is 2.11. The average molecular weight is 295 g/mol. The minimum absolute atomic E-state index is 0.302. The Balaban J connectivity index is 1.93. The maximum absolute atomic E-state index is 11.1. The molecule has 0 radical (unpaired) electrons. The van der Waals surface area contributed by atoms with Crippen LogP contribution in [0.2, 0.25) is 0 Å². The van der Waals surface area contributed by atoms with Crippen LogP contribution >= 0.6 is 0 Å². The second kappa shape index (κ2) is 5.93. The van der Waals surface area contributed by atoms with Gasteiger partial charge in [-0.1, -0.05) is 18.2 Å². The number of rotatable bonds is 5. The zero-order valence-corrected chi connectivity index (χ0v) is 12.3. The monoisotopic (exact) mass is 295 g/mol. The van der Waals surface area contributed by atoms with Crippen LogP contribution in [0, 0.1) is 0 Å². The van der Waals surface area contributed by atoms with Gasteiger partial charge in [0.15, 0.2) is 0 Å². The number of aryl methyl sites for hydroxylation is 1. The summed E-state index contributed by atoms with van der Waals surface area (Å²) < 4.78 is 7.95. The molecule has 1 N–H and O–H groups in total. The Morgan fingerprint density at radius 1 is 1.14 bits per heavy atom. The topological polar surface area (TPSA) is 51.5 Å². The van der Waals surface area contributed by atoms with Crippen molar-refractivity contribution >= 4 is 16.9 Å². The number of hydrogen-bond acceptors (Lipinski definition) is 2. The molecular weight excluding hydrogens is 278 g/mol. The summed E-state index contributed by atoms with van der Waals surface area (Å²) in [6, 6.07) is 16.8. The van der Waals surface area contributed by atoms with Crippen molar-refractivity contribution in [2.24, 2.45) is 0 Å². The van der Waals surface area contributed by atoms with Crippen LogP contribution in [-0.4, -0.2) is 15.6 Å². The van der Waals surface area contributed by atoms with Gasteiger partial charge in [-0.2, -0.15) is 0 Å². The number of fused-ring (bicyclic) bond motifs is 1. The molecule has 0 spiro atoms. The van der Waals surface area contributed by atoms with Gasteiger partial charge in [-0.15, -0.1) is 0 Å². The normalized spacial score (nSPS) is 10.8. The summed E-state index contributed by atoms with van der Waals surface area (Å²) in [5.74, 6) is -0.0881. The Morgan fingerprint density at radius 3 is 2.59 bits per heavy atom. The molecule has 0 aliphatic rings. The van der Waals surface area contributed by atoms with Gasteiger partial charge >= 0.3 is 5.97 Å². The molecule has 0 atom stereocenters. The summed E-state index contributed by atoms with van der Waals surface area (Å²) in [6.45, 7) is 3.33. The van der Waals surface area contributed by atoms with E-state index < -0.39 is 5.97 Å². The number of para-hydroxylation sites is 1. The van der Waals surface area contributed by atoms with Crippen molar-refractivity contribution in [2.45, 2.75) is 20.1 Å². The van der Waals surface area contributed by atoms with Gasteiger partial charge in [0.05, 0.1) is 11.3 Å². The summed E-state index contributed by atoms with van der Waals surface area (Å²) in [7, 11) is 0. The molecule has 2 aromatic carbocycles. The highest BCUT2D eigenvalue weighted by Crippen LogP contribution is 2.23. The first-order valence-electron chi connectivity index (χ1n) is 7.22. The number of aromatic nitrogens is 1. The van der Waals surface area contributed by atoms with Crippen LogP contribution in [0.1, 0.15) is 23.0 Å². The molecule has 1 aromatic heterocycles. The standard InChI is InChI=1S/C18H17NO3/c1-2-19-15(12-22-16-6-4-3-5-7-16)11-14-10-13(18(20)21)8-9-17(14)19/h3-11H,2,12H2,1H3,(H,20,21). The molecule has 0 saturated carbocycles. The molecule has 3 rings (SSSR count). The number of aromatic carboxylic acids is 1. The predicted octanol–water partition coefficient (Wildman–Crippen LogP) is 3.94. The fourth-order valence-corrected chi connectivity index (χ4v) is 2.63. The van der Waals surface area contributed by atoms with Gasteiger partial charge in [0.2, 0.25) is 0 Å². The minimum atomic E-state index is -0.909. The van der Waals surface area contributed by atoms with Gasteiger partial charge in [-0.05, 0) is 43.3 Å². The Kier molecular flexibility index (Phi) is 3.83. The highest BCUT2D eigenvalue weighted by molar-refractivity contribution is 5.94. The van der Waals surface area contributed by atoms with Crippen LogP contribution in [0.25, 0.3) is 10.9 Å². The average Bonchev–Trinajstić information content (AvgIpc) is 2.90. The fraction of sp³-hybridized carbons (Fsp3) is 0.167. The Labute approximate surface area is 128 Å². The maximum atomic E-state index is 11.1. The zero-order chi connectivity index (χ0) is 15.5. The van der Waals surface area contributed by atoms with Crippen molar-refractivity contribution in [1.29, 1.82) is 0 Å². The summed E-state index contributed by atoms with van der Waals surface area (Å²) in [5, 5.41) is 10.0. The van der Waals surface area contributed by atoms with Gasteiger partial charge in [-0.25, -0.2) is 4.79 Å². The first kappa shape index (κ1) is 14.2. The number of ether oxygens (including phenoxy) is 1. The SMILES string of the molecule is CCn1c(COc2ccccc2)cc2cc(C(=O)O)ccc21. The van der Waals surface area contributed by atoms with Crippen molar-refractivity contribution < 1.29 is 14.6 Å². The summed E-state index contributed by atoms with van der Waals surface area (Å²) in [4.78, 5) is 11.1. The Bertz CT molecular complexity index is 806. The fourth-order valence-electron chi connectivity index (χ4n) is 2.63. The molecule has 0 fully saturated rings. The summed E-state index contributed by atoms with van der Waals surface area (Å²) >= 11 is 0. The third kappa shape index (κ3) is 2.68. The van der Waals surface area contributed by atoms with E-state index in [0.29, 0.717) is 12.2 Å². The molecule has 1 heterocycles. The second-order valence-corrected chi connectivity index (χ2v) is 5.06. The largest absolute Gasteiger partial charge is 0.487 e. The highest BCUT2D eigenvalue weighted by atomic mass is 16.5. The first-order valence-corrected chi connectivity index (χ1v) is 7.22. The third-order valence-corrected chi connectivity index (χ3v) is 3.68. The van der Waals surface area contributed by atoms with Crippen molar-refractivity contribution in [3.05, 3.63) is 65.9 Å². The smallest absolute Gasteiger partial charge is 0.335 e. The molecule has 0 saturated heterocycles. The summed E-state index contributed by atoms with van der Waals surface area (Å²) in [5.41, 5.74) is 2.36. The van der Waals surface area contributed by atoms with Gasteiger partial charge < -0.3 is 14.4 Å². The van der Waals surface area contributed by atoms with Crippen molar-refractivity contribution in [1.82, 2.24) is 4.57 Å². The van der Waals surface area contributed by atoms with E-state index in [2.05, 4.69) is 11.5 Å². The molecule has 0 bridgehead atoms. The van der Waals surface area contributed by atoms with E-state index in [4.69, 9.17) is 9.84 Å². The number of benzene rings is 2. The Morgan fingerprint density at radius 2 is 1.91 bits per heavy atom. The first-order chi connectivity index (χ1) is 10.7. The molecule has 0 unspecified atom stereocenters. The van der Waals surface area contributed by atoms with Gasteiger partial charge in [-0.3, -0.25) is 0 Å². The van der Waals surface area contributed by atoms with Crippen LogP contribution in [0.15, 0.2) is 54.6 Å². The maximum Gasteiger partial charge on any atom is 0.335 e. The van der Waals surface area contributed by atoms with Gasteiger partial charge in [0.25, 0.3) is 0 Å². The molecule has 4 heteroatoms. The van der Waals surface area contributed by atoms with Crippen LogP contribution in [0.4, 0.5) is 0 Å². The number of carboxylic acids is 1. The number of nitrogens with zero attached hydrogens (tertiary/aromatic N) is 1. The van der Waals surface area contributed by atoms with E-state index in [1.807, 2.05) is 42.5 Å². The van der Waals surface area contributed by atoms with Crippen LogP contribution < -0.4 is 4.74 Å². The van der Waals surface area contributed by atoms with Gasteiger partial charge in [0, 0.05) is 17.4 Å². The lowest BCUT2D eigenvalue weighted by molar-refractivity contribution is 0.0697. The van der Waals surface area contributed by atoms with E-state index in [9.17, 15) is 4.79 Å². The van der Waals surface area contributed by atoms with E-state index in [-0.39, 0.29) is 0 Å². The van der Waals surface area contributed by atoms with E-state index >= 15 is 0 Å². The van der Waals surface area contributed by atoms with Crippen molar-refractivity contribution in [3.8, 4) is 5.75 Å². The van der Waals surface area contributed by atoms with Crippen LogP contribution in [0.5, 0.6) is 5.75 Å². The minimum Gasteiger partial charge on any atom is -0.487 e. The summed E-state index contributed by atoms with van der Waals surface area (Å²) in [6.07, 6.45) is 0. The second-order valence-electron chi connectivity index (χ2n) is 5.06. The zero-order valence-electron chi connectivity index (χ0n) is 12.3. The molecule has 3 aromatic rings. The van der Waals surface area contributed by atoms with Crippen molar-refractivity contribution in [3.63, 3.8) is 0 Å². The molecule has 0 aliphatic carbocycles. The van der Waals surface area contributed by atoms with E-state index in [1.54, 1.807) is 12.1 Å². The number of carboxylic acid groups (broad SMARTS) is 1. The number of hydrogen-bond donors (Lipinski definition) is 1. The molecular formula is C18H17NO3. The Hall–Kier alpha value is -2.75. The lowest BCUT2D eigenvalue weighted by Gasteiger charge is -2.09. The molecule has 0 amide bonds. The lowest BCUT2D eigenvalue weighted by Crippen LogP contribution is -2.04. The van der Waals surface area contributed by atoms with Crippen LogP contribution in [-0.2, 0) is 13.2 Å². The van der Waals surface area contributed by atoms with Gasteiger partial charge in [0.1, 0.15) is 12.4 Å². The van der Waals surface area contributed by atoms with E-state index in [0.717, 1.165) is 28.9 Å². The molecule has 0 aliphatic heterocycles. The molecule has 22 heavy (non-hydrogen) atoms. The van der Waals surface area contributed by atoms with Crippen molar-refractivity contribution in [2.75, 3.05) is 0 Å². The molecule has 4 nitrogen and oxygen atoms in total. The predicted molar refractivity (Wildman–Crippen MR) is 85.3 cm³/mol.